The normalized spacial score (nSPS) is 11.9. The molecule has 0 atom stereocenters. The number of hydrogen-bond acceptors (Lipinski definition) is 4. The van der Waals surface area contributed by atoms with Crippen LogP contribution in [0, 0.1) is 0 Å². The van der Waals surface area contributed by atoms with Crippen LogP contribution in [0.15, 0.2) is 36.4 Å². The van der Waals surface area contributed by atoms with Crippen molar-refractivity contribution < 1.29 is 19.1 Å². The van der Waals surface area contributed by atoms with Gasteiger partial charge in [-0.25, -0.2) is 0 Å². The highest BCUT2D eigenvalue weighted by Crippen LogP contribution is 2.32. The van der Waals surface area contributed by atoms with Gasteiger partial charge in [-0.05, 0) is 36.4 Å². The van der Waals surface area contributed by atoms with Gasteiger partial charge in [-0.15, -0.1) is 0 Å². The molecule has 0 saturated heterocycles. The van der Waals surface area contributed by atoms with Gasteiger partial charge in [0, 0.05) is 10.6 Å². The molecule has 23 heavy (non-hydrogen) atoms. The molecule has 2 aromatic rings. The number of carbonyl (C=O) groups is 2. The number of hydrazine groups is 1. The monoisotopic (exact) mass is 352 g/mol. The van der Waals surface area contributed by atoms with E-state index in [-0.39, 0.29) is 17.4 Å². The Labute approximate surface area is 141 Å². The quantitative estimate of drug-likeness (QED) is 0.814. The molecule has 0 saturated carbocycles. The third-order valence-corrected chi connectivity index (χ3v) is 3.65. The number of carbonyl (C=O) groups excluding carboxylic acids is 2. The molecule has 1 heterocycles. The maximum atomic E-state index is 12.0. The van der Waals surface area contributed by atoms with Gasteiger partial charge in [-0.2, -0.15) is 0 Å². The summed E-state index contributed by atoms with van der Waals surface area (Å²) in [5.74, 6) is -0.00856. The number of hydrogen-bond donors (Lipinski definition) is 2. The number of ether oxygens (including phenoxy) is 2. The summed E-state index contributed by atoms with van der Waals surface area (Å²) in [7, 11) is 0. The van der Waals surface area contributed by atoms with Crippen molar-refractivity contribution in [3.63, 3.8) is 0 Å². The van der Waals surface area contributed by atoms with Gasteiger partial charge in [-0.3, -0.25) is 20.4 Å². The van der Waals surface area contributed by atoms with Crippen molar-refractivity contribution in [3.05, 3.63) is 57.6 Å². The topological polar surface area (TPSA) is 76.7 Å². The van der Waals surface area contributed by atoms with Gasteiger partial charge in [0.05, 0.1) is 10.6 Å². The summed E-state index contributed by atoms with van der Waals surface area (Å²) in [5, 5.41) is 0.600. The van der Waals surface area contributed by atoms with Gasteiger partial charge in [0.15, 0.2) is 11.5 Å². The lowest BCUT2D eigenvalue weighted by atomic mass is 10.2. The van der Waals surface area contributed by atoms with Crippen molar-refractivity contribution in [1.29, 1.82) is 0 Å². The minimum atomic E-state index is -0.555. The van der Waals surface area contributed by atoms with E-state index in [2.05, 4.69) is 10.9 Å². The van der Waals surface area contributed by atoms with Gasteiger partial charge in [-0.1, -0.05) is 23.2 Å². The summed E-state index contributed by atoms with van der Waals surface area (Å²) in [6.45, 7) is 0.117. The van der Waals surface area contributed by atoms with Gasteiger partial charge >= 0.3 is 0 Å². The Bertz CT molecular complexity index is 795. The summed E-state index contributed by atoms with van der Waals surface area (Å²) in [6, 6.07) is 9.14. The van der Waals surface area contributed by atoms with E-state index in [1.54, 1.807) is 12.1 Å². The molecule has 0 bridgehead atoms. The lowest BCUT2D eigenvalue weighted by Crippen LogP contribution is -2.41. The number of amides is 2. The molecule has 2 N–H and O–H groups in total. The second-order valence-electron chi connectivity index (χ2n) is 4.60. The van der Waals surface area contributed by atoms with E-state index in [0.29, 0.717) is 22.1 Å². The van der Waals surface area contributed by atoms with Crippen LogP contribution in [-0.4, -0.2) is 18.6 Å². The number of nitrogens with one attached hydrogen (secondary N) is 2. The molecule has 0 aliphatic carbocycles. The molecule has 2 aromatic carbocycles. The average Bonchev–Trinajstić information content (AvgIpc) is 2.99. The molecule has 1 aliphatic rings. The first-order chi connectivity index (χ1) is 11.0. The first-order valence-electron chi connectivity index (χ1n) is 6.50. The van der Waals surface area contributed by atoms with Crippen molar-refractivity contribution in [2.45, 2.75) is 0 Å². The maximum absolute atomic E-state index is 12.0. The Morgan fingerprint density at radius 2 is 1.65 bits per heavy atom. The minimum Gasteiger partial charge on any atom is -0.454 e. The summed E-state index contributed by atoms with van der Waals surface area (Å²) in [4.78, 5) is 24.0. The molecule has 0 spiro atoms. The Balaban J connectivity index is 1.65. The van der Waals surface area contributed by atoms with Crippen LogP contribution in [0.4, 0.5) is 0 Å². The van der Waals surface area contributed by atoms with Crippen molar-refractivity contribution in [2.75, 3.05) is 6.79 Å². The zero-order valence-electron chi connectivity index (χ0n) is 11.6. The lowest BCUT2D eigenvalue weighted by Gasteiger charge is -2.09. The molecule has 6 nitrogen and oxygen atoms in total. The van der Waals surface area contributed by atoms with E-state index >= 15 is 0 Å². The highest BCUT2D eigenvalue weighted by atomic mass is 35.5. The second kappa shape index (κ2) is 6.36. The standard InChI is InChI=1S/C15H10Cl2N2O4/c16-9-2-3-10(11(17)6-9)15(21)19-18-14(20)8-1-4-12-13(5-8)23-7-22-12/h1-6H,7H2,(H,18,20)(H,19,21). The third-order valence-electron chi connectivity index (χ3n) is 3.10. The van der Waals surface area contributed by atoms with Gasteiger partial charge in [0.1, 0.15) is 0 Å². The zero-order chi connectivity index (χ0) is 16.4. The Hall–Kier alpha value is -2.44. The molecule has 118 valence electrons. The fourth-order valence-corrected chi connectivity index (χ4v) is 2.46. The minimum absolute atomic E-state index is 0.117. The van der Waals surface area contributed by atoms with E-state index < -0.39 is 11.8 Å². The fraction of sp³-hybridized carbons (Fsp3) is 0.0667. The van der Waals surface area contributed by atoms with Crippen molar-refractivity contribution in [2.24, 2.45) is 0 Å². The van der Waals surface area contributed by atoms with Crippen LogP contribution < -0.4 is 20.3 Å². The fourth-order valence-electron chi connectivity index (χ4n) is 1.96. The maximum Gasteiger partial charge on any atom is 0.271 e. The van der Waals surface area contributed by atoms with E-state index in [4.69, 9.17) is 32.7 Å². The highest BCUT2D eigenvalue weighted by molar-refractivity contribution is 6.36. The van der Waals surface area contributed by atoms with Crippen LogP contribution in [0.3, 0.4) is 0 Å². The lowest BCUT2D eigenvalue weighted by molar-refractivity contribution is 0.0846. The van der Waals surface area contributed by atoms with Crippen molar-refractivity contribution in [1.82, 2.24) is 10.9 Å². The molecule has 0 fully saturated rings. The third kappa shape index (κ3) is 3.33. The summed E-state index contributed by atoms with van der Waals surface area (Å²) in [5.41, 5.74) is 5.10. The molecular formula is C15H10Cl2N2O4. The van der Waals surface area contributed by atoms with Crippen LogP contribution >= 0.6 is 23.2 Å². The van der Waals surface area contributed by atoms with E-state index in [9.17, 15) is 9.59 Å². The Morgan fingerprint density at radius 1 is 0.913 bits per heavy atom. The molecule has 1 aliphatic heterocycles. The first kappa shape index (κ1) is 15.5. The predicted octanol–water partition coefficient (Wildman–Crippen LogP) is 2.80. The largest absolute Gasteiger partial charge is 0.454 e. The molecule has 3 rings (SSSR count). The Morgan fingerprint density at radius 3 is 2.43 bits per heavy atom. The average molecular weight is 353 g/mol. The SMILES string of the molecule is O=C(NNC(=O)c1ccc(Cl)cc1Cl)c1ccc2c(c1)OCO2. The molecule has 0 radical (unpaired) electrons. The van der Waals surface area contributed by atoms with E-state index in [0.717, 1.165) is 0 Å². The van der Waals surface area contributed by atoms with Gasteiger partial charge in [0.2, 0.25) is 6.79 Å². The van der Waals surface area contributed by atoms with Crippen molar-refractivity contribution in [3.8, 4) is 11.5 Å². The summed E-state index contributed by atoms with van der Waals surface area (Å²) in [6.07, 6.45) is 0. The zero-order valence-corrected chi connectivity index (χ0v) is 13.1. The summed E-state index contributed by atoms with van der Waals surface area (Å²) >= 11 is 11.7. The first-order valence-corrected chi connectivity index (χ1v) is 7.25. The van der Waals surface area contributed by atoms with Crippen LogP contribution in [0.5, 0.6) is 11.5 Å². The van der Waals surface area contributed by atoms with E-state index in [1.807, 2.05) is 0 Å². The number of rotatable bonds is 2. The smallest absolute Gasteiger partial charge is 0.271 e. The molecule has 8 heteroatoms. The van der Waals surface area contributed by atoms with E-state index in [1.165, 1.54) is 24.3 Å². The molecule has 0 unspecified atom stereocenters. The van der Waals surface area contributed by atoms with Gasteiger partial charge < -0.3 is 9.47 Å². The van der Waals surface area contributed by atoms with Crippen molar-refractivity contribution >= 4 is 35.0 Å². The predicted molar refractivity (Wildman–Crippen MR) is 84.0 cm³/mol. The molecule has 2 amide bonds. The summed E-state index contributed by atoms with van der Waals surface area (Å²) < 4.78 is 10.4. The number of halogens is 2. The van der Waals surface area contributed by atoms with Gasteiger partial charge in [0.25, 0.3) is 11.8 Å². The number of benzene rings is 2. The number of fused-ring (bicyclic) bond motifs is 1. The molecule has 0 aromatic heterocycles. The van der Waals surface area contributed by atoms with Crippen LogP contribution in [-0.2, 0) is 0 Å². The Kier molecular flexibility index (Phi) is 4.27. The van der Waals surface area contributed by atoms with Crippen LogP contribution in [0.25, 0.3) is 0 Å². The van der Waals surface area contributed by atoms with Crippen LogP contribution in [0.2, 0.25) is 10.0 Å². The highest BCUT2D eigenvalue weighted by Gasteiger charge is 2.17. The second-order valence-corrected chi connectivity index (χ2v) is 5.44. The molecular weight excluding hydrogens is 343 g/mol. The van der Waals surface area contributed by atoms with Crippen LogP contribution in [0.1, 0.15) is 20.7 Å².